The van der Waals surface area contributed by atoms with Crippen LogP contribution in [0, 0.1) is 0 Å². The number of rotatable bonds is 5. The van der Waals surface area contributed by atoms with E-state index in [1.165, 1.54) is 6.21 Å². The highest BCUT2D eigenvalue weighted by Gasteiger charge is 2.15. The van der Waals surface area contributed by atoms with E-state index in [2.05, 4.69) is 10.5 Å². The highest BCUT2D eigenvalue weighted by atomic mass is 16.6. The summed E-state index contributed by atoms with van der Waals surface area (Å²) in [5.74, 6) is 0.691. The molecule has 0 aliphatic heterocycles. The molecule has 2 aromatic carbocycles. The third kappa shape index (κ3) is 6.12. The van der Waals surface area contributed by atoms with Crippen molar-refractivity contribution in [1.29, 1.82) is 0 Å². The Morgan fingerprint density at radius 3 is 2.46 bits per heavy atom. The molecular weight excluding hydrogens is 304 g/mol. The fraction of sp³-hybridized carbons (Fsp3) is 0.263. The standard InChI is InChI=1S/C19H22N2O3/c1-19(2,3)24-18(22)21-20-13-16-11-7-8-12-17(16)23-14-15-9-5-4-6-10-15/h4-13H,14H2,1-3H3,(H,21,22)/b20-13-. The average molecular weight is 326 g/mol. The van der Waals surface area contributed by atoms with E-state index < -0.39 is 11.7 Å². The Hall–Kier alpha value is -2.82. The summed E-state index contributed by atoms with van der Waals surface area (Å²) in [5, 5.41) is 3.91. The average Bonchev–Trinajstić information content (AvgIpc) is 2.53. The quantitative estimate of drug-likeness (QED) is 0.664. The normalized spacial score (nSPS) is 11.3. The molecule has 0 saturated heterocycles. The molecule has 24 heavy (non-hydrogen) atoms. The topological polar surface area (TPSA) is 59.9 Å². The predicted molar refractivity (Wildman–Crippen MR) is 94.2 cm³/mol. The maximum absolute atomic E-state index is 11.6. The first-order chi connectivity index (χ1) is 11.4. The molecule has 0 spiro atoms. The zero-order valence-electron chi connectivity index (χ0n) is 14.2. The van der Waals surface area contributed by atoms with Gasteiger partial charge in [0, 0.05) is 5.56 Å². The van der Waals surface area contributed by atoms with Gasteiger partial charge < -0.3 is 9.47 Å². The third-order valence-corrected chi connectivity index (χ3v) is 2.91. The molecule has 0 radical (unpaired) electrons. The second-order valence-corrected chi connectivity index (χ2v) is 6.18. The van der Waals surface area contributed by atoms with Gasteiger partial charge in [0.15, 0.2) is 0 Å². The van der Waals surface area contributed by atoms with Gasteiger partial charge in [-0.05, 0) is 38.5 Å². The van der Waals surface area contributed by atoms with Gasteiger partial charge in [-0.25, -0.2) is 10.2 Å². The molecule has 0 atom stereocenters. The first-order valence-electron chi connectivity index (χ1n) is 7.72. The molecule has 2 rings (SSSR count). The number of hydrogen-bond donors (Lipinski definition) is 1. The zero-order valence-corrected chi connectivity index (χ0v) is 14.2. The van der Waals surface area contributed by atoms with E-state index in [1.54, 1.807) is 20.8 Å². The number of amides is 1. The summed E-state index contributed by atoms with van der Waals surface area (Å²) >= 11 is 0. The predicted octanol–water partition coefficient (Wildman–Crippen LogP) is 4.12. The molecule has 1 amide bonds. The molecule has 0 bridgehead atoms. The Balaban J connectivity index is 1.96. The summed E-state index contributed by atoms with van der Waals surface area (Å²) in [4.78, 5) is 11.6. The maximum Gasteiger partial charge on any atom is 0.428 e. The third-order valence-electron chi connectivity index (χ3n) is 2.91. The van der Waals surface area contributed by atoms with Crippen LogP contribution in [0.4, 0.5) is 4.79 Å². The van der Waals surface area contributed by atoms with Gasteiger partial charge >= 0.3 is 6.09 Å². The Morgan fingerprint density at radius 2 is 1.75 bits per heavy atom. The molecule has 0 unspecified atom stereocenters. The van der Waals surface area contributed by atoms with Crippen LogP contribution in [0.25, 0.3) is 0 Å². The van der Waals surface area contributed by atoms with Crippen molar-refractivity contribution >= 4 is 12.3 Å². The fourth-order valence-corrected chi connectivity index (χ4v) is 1.91. The number of ether oxygens (including phenoxy) is 2. The van der Waals surface area contributed by atoms with Gasteiger partial charge in [-0.15, -0.1) is 0 Å². The van der Waals surface area contributed by atoms with Crippen LogP contribution >= 0.6 is 0 Å². The van der Waals surface area contributed by atoms with Crippen LogP contribution in [-0.2, 0) is 11.3 Å². The van der Waals surface area contributed by atoms with Crippen molar-refractivity contribution in [1.82, 2.24) is 5.43 Å². The van der Waals surface area contributed by atoms with Crippen molar-refractivity contribution in [3.05, 3.63) is 65.7 Å². The van der Waals surface area contributed by atoms with Crippen molar-refractivity contribution in [3.8, 4) is 5.75 Å². The van der Waals surface area contributed by atoms with Crippen LogP contribution in [0.1, 0.15) is 31.9 Å². The van der Waals surface area contributed by atoms with Gasteiger partial charge in [-0.2, -0.15) is 5.10 Å². The summed E-state index contributed by atoms with van der Waals surface area (Å²) in [6, 6.07) is 17.4. The number of carbonyl (C=O) groups is 1. The van der Waals surface area contributed by atoms with Crippen LogP contribution in [-0.4, -0.2) is 17.9 Å². The lowest BCUT2D eigenvalue weighted by atomic mass is 10.2. The number of benzene rings is 2. The van der Waals surface area contributed by atoms with Gasteiger partial charge in [-0.3, -0.25) is 0 Å². The van der Waals surface area contributed by atoms with Crippen LogP contribution < -0.4 is 10.2 Å². The Morgan fingerprint density at radius 1 is 1.08 bits per heavy atom. The van der Waals surface area contributed by atoms with Gasteiger partial charge in [0.2, 0.25) is 0 Å². The summed E-state index contributed by atoms with van der Waals surface area (Å²) in [6.07, 6.45) is 0.936. The molecular formula is C19H22N2O3. The van der Waals surface area contributed by atoms with Crippen LogP contribution in [0.3, 0.4) is 0 Å². The molecule has 0 fully saturated rings. The lowest BCUT2D eigenvalue weighted by molar-refractivity contribution is 0.0529. The zero-order chi connectivity index (χ0) is 17.4. The smallest absolute Gasteiger partial charge is 0.428 e. The number of hydrogen-bond acceptors (Lipinski definition) is 4. The first-order valence-corrected chi connectivity index (χ1v) is 7.72. The molecule has 0 aromatic heterocycles. The van der Waals surface area contributed by atoms with Gasteiger partial charge in [-0.1, -0.05) is 42.5 Å². The fourth-order valence-electron chi connectivity index (χ4n) is 1.91. The number of nitrogens with zero attached hydrogens (tertiary/aromatic N) is 1. The van der Waals surface area contributed by atoms with Crippen molar-refractivity contribution in [2.24, 2.45) is 5.10 Å². The Bertz CT molecular complexity index is 691. The lowest BCUT2D eigenvalue weighted by Crippen LogP contribution is -2.29. The molecule has 0 aliphatic rings. The van der Waals surface area contributed by atoms with Crippen molar-refractivity contribution < 1.29 is 14.3 Å². The molecule has 0 saturated carbocycles. The number of hydrazone groups is 1. The van der Waals surface area contributed by atoms with Crippen molar-refractivity contribution in [3.63, 3.8) is 0 Å². The minimum atomic E-state index is -0.596. The Kier molecular flexibility index (Phi) is 5.95. The Labute approximate surface area is 142 Å². The largest absolute Gasteiger partial charge is 0.488 e. The first kappa shape index (κ1) is 17.5. The summed E-state index contributed by atoms with van der Waals surface area (Å²) in [7, 11) is 0. The molecule has 0 heterocycles. The summed E-state index contributed by atoms with van der Waals surface area (Å²) < 4.78 is 10.9. The van der Waals surface area contributed by atoms with Crippen molar-refractivity contribution in [2.75, 3.05) is 0 Å². The van der Waals surface area contributed by atoms with Crippen LogP contribution in [0.5, 0.6) is 5.75 Å². The summed E-state index contributed by atoms with van der Waals surface area (Å²) in [6.45, 7) is 5.85. The molecule has 5 heteroatoms. The molecule has 2 aromatic rings. The lowest BCUT2D eigenvalue weighted by Gasteiger charge is -2.18. The van der Waals surface area contributed by atoms with E-state index in [0.29, 0.717) is 12.4 Å². The highest BCUT2D eigenvalue weighted by Crippen LogP contribution is 2.17. The molecule has 5 nitrogen and oxygen atoms in total. The molecule has 0 aliphatic carbocycles. The van der Waals surface area contributed by atoms with Gasteiger partial charge in [0.1, 0.15) is 18.0 Å². The van der Waals surface area contributed by atoms with Crippen LogP contribution in [0.15, 0.2) is 59.7 Å². The SMILES string of the molecule is CC(C)(C)OC(=O)N/N=C\c1ccccc1OCc1ccccc1. The monoisotopic (exact) mass is 326 g/mol. The van der Waals surface area contributed by atoms with Crippen LogP contribution in [0.2, 0.25) is 0 Å². The van der Waals surface area contributed by atoms with E-state index >= 15 is 0 Å². The summed E-state index contributed by atoms with van der Waals surface area (Å²) in [5.41, 5.74) is 3.63. The number of carbonyl (C=O) groups excluding carboxylic acids is 1. The van der Waals surface area contributed by atoms with Gasteiger partial charge in [0.05, 0.1) is 6.21 Å². The number of nitrogens with one attached hydrogen (secondary N) is 1. The van der Waals surface area contributed by atoms with Gasteiger partial charge in [0.25, 0.3) is 0 Å². The van der Waals surface area contributed by atoms with E-state index in [9.17, 15) is 4.79 Å². The molecule has 1 N–H and O–H groups in total. The number of para-hydroxylation sites is 1. The minimum Gasteiger partial charge on any atom is -0.488 e. The van der Waals surface area contributed by atoms with E-state index in [0.717, 1.165) is 11.1 Å². The minimum absolute atomic E-state index is 0.463. The molecule has 126 valence electrons. The van der Waals surface area contributed by atoms with Crippen molar-refractivity contribution in [2.45, 2.75) is 33.0 Å². The van der Waals surface area contributed by atoms with E-state index in [1.807, 2.05) is 54.6 Å². The van der Waals surface area contributed by atoms with E-state index in [-0.39, 0.29) is 0 Å². The maximum atomic E-state index is 11.6. The second kappa shape index (κ2) is 8.15. The highest BCUT2D eigenvalue weighted by molar-refractivity contribution is 5.84. The van der Waals surface area contributed by atoms with E-state index in [4.69, 9.17) is 9.47 Å². The second-order valence-electron chi connectivity index (χ2n) is 6.18.